The van der Waals surface area contributed by atoms with Crippen LogP contribution < -0.4 is 5.32 Å². The lowest BCUT2D eigenvalue weighted by molar-refractivity contribution is 0.211. The Labute approximate surface area is 118 Å². The summed E-state index contributed by atoms with van der Waals surface area (Å²) in [4.78, 5) is 2.47. The van der Waals surface area contributed by atoms with E-state index in [0.29, 0.717) is 6.04 Å². The Hall–Kier alpha value is -0.710. The number of nitrogens with one attached hydrogen (secondary N) is 1. The molecule has 1 aromatic rings. The Morgan fingerprint density at radius 1 is 1.26 bits per heavy atom. The molecule has 1 aliphatic heterocycles. The highest BCUT2D eigenvalue weighted by atomic mass is 32.2. The molecule has 2 rings (SSSR count). The van der Waals surface area contributed by atoms with Crippen LogP contribution >= 0.6 is 0 Å². The zero-order chi connectivity index (χ0) is 13.5. The zero-order valence-electron chi connectivity index (χ0n) is 11.7. The molecule has 1 unspecified atom stereocenters. The van der Waals surface area contributed by atoms with Gasteiger partial charge in [0.25, 0.3) is 0 Å². The van der Waals surface area contributed by atoms with Gasteiger partial charge in [-0.25, -0.2) is 0 Å². The molecule has 0 saturated carbocycles. The largest absolute Gasteiger partial charge is 0.315 e. The molecule has 4 heteroatoms. The van der Waals surface area contributed by atoms with Crippen molar-refractivity contribution in [3.8, 4) is 0 Å². The van der Waals surface area contributed by atoms with Crippen LogP contribution in [-0.4, -0.2) is 46.8 Å². The molecule has 1 atom stereocenters. The van der Waals surface area contributed by atoms with Crippen molar-refractivity contribution < 1.29 is 4.21 Å². The first-order valence-corrected chi connectivity index (χ1v) is 8.64. The average molecular weight is 280 g/mol. The van der Waals surface area contributed by atoms with Crippen molar-refractivity contribution in [1.82, 2.24) is 10.2 Å². The summed E-state index contributed by atoms with van der Waals surface area (Å²) >= 11 is 0. The molecule has 0 bridgehead atoms. The van der Waals surface area contributed by atoms with Crippen LogP contribution in [0.3, 0.4) is 0 Å². The minimum atomic E-state index is -0.603. The summed E-state index contributed by atoms with van der Waals surface area (Å²) in [7, 11) is -0.603. The lowest BCUT2D eigenvalue weighted by Crippen LogP contribution is -2.43. The van der Waals surface area contributed by atoms with Gasteiger partial charge in [0.1, 0.15) is 0 Å². The molecule has 1 fully saturated rings. The molecular weight excluding hydrogens is 256 g/mol. The lowest BCUT2D eigenvalue weighted by atomic mass is 10.1. The molecule has 0 spiro atoms. The van der Waals surface area contributed by atoms with Crippen LogP contribution in [0.25, 0.3) is 0 Å². The van der Waals surface area contributed by atoms with Gasteiger partial charge in [-0.2, -0.15) is 0 Å². The van der Waals surface area contributed by atoms with Gasteiger partial charge in [-0.15, -0.1) is 0 Å². The van der Waals surface area contributed by atoms with E-state index in [1.165, 1.54) is 5.56 Å². The van der Waals surface area contributed by atoms with Crippen LogP contribution in [0, 0.1) is 0 Å². The number of hydrogen-bond acceptors (Lipinski definition) is 3. The fourth-order valence-corrected chi connectivity index (χ4v) is 3.59. The van der Waals surface area contributed by atoms with Crippen molar-refractivity contribution in [3.63, 3.8) is 0 Å². The molecule has 1 aromatic carbocycles. The minimum absolute atomic E-state index is 0.407. The third-order valence-corrected chi connectivity index (χ3v) is 4.88. The Kier molecular flexibility index (Phi) is 6.01. The van der Waals surface area contributed by atoms with E-state index in [1.807, 2.05) is 0 Å². The van der Waals surface area contributed by atoms with E-state index in [0.717, 1.165) is 44.1 Å². The van der Waals surface area contributed by atoms with Gasteiger partial charge < -0.3 is 5.32 Å². The second kappa shape index (κ2) is 7.78. The molecule has 19 heavy (non-hydrogen) atoms. The Balaban J connectivity index is 2.03. The van der Waals surface area contributed by atoms with Gasteiger partial charge in [0.15, 0.2) is 0 Å². The minimum Gasteiger partial charge on any atom is -0.315 e. The Morgan fingerprint density at radius 3 is 2.58 bits per heavy atom. The van der Waals surface area contributed by atoms with E-state index in [9.17, 15) is 4.21 Å². The van der Waals surface area contributed by atoms with Crippen molar-refractivity contribution in [2.45, 2.75) is 19.4 Å². The van der Waals surface area contributed by atoms with Crippen LogP contribution in [0.2, 0.25) is 0 Å². The van der Waals surface area contributed by atoms with Crippen LogP contribution in [0.15, 0.2) is 30.3 Å². The van der Waals surface area contributed by atoms with Crippen LogP contribution in [-0.2, 0) is 10.8 Å². The summed E-state index contributed by atoms with van der Waals surface area (Å²) < 4.78 is 11.5. The van der Waals surface area contributed by atoms with E-state index in [4.69, 9.17) is 0 Å². The van der Waals surface area contributed by atoms with Crippen molar-refractivity contribution in [1.29, 1.82) is 0 Å². The maximum absolute atomic E-state index is 11.5. The molecular formula is C15H24N2OS. The molecule has 0 amide bonds. The first kappa shape index (κ1) is 14.7. The second-order valence-electron chi connectivity index (χ2n) is 5.01. The van der Waals surface area contributed by atoms with Gasteiger partial charge in [-0.3, -0.25) is 9.11 Å². The third kappa shape index (κ3) is 4.41. The van der Waals surface area contributed by atoms with Gasteiger partial charge in [-0.05, 0) is 18.5 Å². The summed E-state index contributed by atoms with van der Waals surface area (Å²) in [6, 6.07) is 11.1. The molecule has 0 aromatic heterocycles. The summed E-state index contributed by atoms with van der Waals surface area (Å²) in [5.74, 6) is 1.63. The lowest BCUT2D eigenvalue weighted by Gasteiger charge is -2.34. The number of hydrogen-bond donors (Lipinski definition) is 1. The first-order valence-electron chi connectivity index (χ1n) is 7.16. The maximum Gasteiger partial charge on any atom is 0.0473 e. The third-order valence-electron chi connectivity index (χ3n) is 3.60. The summed E-state index contributed by atoms with van der Waals surface area (Å²) in [5.41, 5.74) is 1.36. The van der Waals surface area contributed by atoms with Crippen molar-refractivity contribution in [3.05, 3.63) is 35.9 Å². The highest BCUT2D eigenvalue weighted by molar-refractivity contribution is 7.85. The predicted octanol–water partition coefficient (Wildman–Crippen LogP) is 1.79. The Bertz CT molecular complexity index is 386. The highest BCUT2D eigenvalue weighted by Gasteiger charge is 2.23. The average Bonchev–Trinajstić information content (AvgIpc) is 2.46. The van der Waals surface area contributed by atoms with Gasteiger partial charge in [0.05, 0.1) is 0 Å². The molecule has 1 heterocycles. The van der Waals surface area contributed by atoms with E-state index in [2.05, 4.69) is 47.5 Å². The highest BCUT2D eigenvalue weighted by Crippen LogP contribution is 2.21. The zero-order valence-corrected chi connectivity index (χ0v) is 12.5. The quantitative estimate of drug-likeness (QED) is 0.806. The van der Waals surface area contributed by atoms with Gasteiger partial charge in [0, 0.05) is 48.0 Å². The van der Waals surface area contributed by atoms with Crippen LogP contribution in [0.1, 0.15) is 24.9 Å². The monoisotopic (exact) mass is 280 g/mol. The van der Waals surface area contributed by atoms with E-state index >= 15 is 0 Å². The van der Waals surface area contributed by atoms with Crippen molar-refractivity contribution >= 4 is 10.8 Å². The van der Waals surface area contributed by atoms with Crippen LogP contribution in [0.5, 0.6) is 0 Å². The molecule has 1 saturated heterocycles. The number of nitrogens with zero attached hydrogens (tertiary/aromatic N) is 1. The fraction of sp³-hybridized carbons (Fsp3) is 0.600. The van der Waals surface area contributed by atoms with Crippen molar-refractivity contribution in [2.75, 3.05) is 37.7 Å². The molecule has 0 aliphatic carbocycles. The van der Waals surface area contributed by atoms with Crippen LogP contribution in [0.4, 0.5) is 0 Å². The predicted molar refractivity (Wildman–Crippen MR) is 81.8 cm³/mol. The topological polar surface area (TPSA) is 32.3 Å². The van der Waals surface area contributed by atoms with Gasteiger partial charge in [0.2, 0.25) is 0 Å². The molecule has 1 aliphatic rings. The maximum atomic E-state index is 11.5. The Morgan fingerprint density at radius 2 is 1.95 bits per heavy atom. The number of benzene rings is 1. The van der Waals surface area contributed by atoms with Gasteiger partial charge >= 0.3 is 0 Å². The fourth-order valence-electron chi connectivity index (χ4n) is 2.51. The van der Waals surface area contributed by atoms with E-state index < -0.39 is 10.8 Å². The molecule has 0 radical (unpaired) electrons. The molecule has 1 N–H and O–H groups in total. The number of rotatable bonds is 6. The van der Waals surface area contributed by atoms with E-state index in [-0.39, 0.29) is 0 Å². The van der Waals surface area contributed by atoms with Crippen molar-refractivity contribution in [2.24, 2.45) is 0 Å². The van der Waals surface area contributed by atoms with E-state index in [1.54, 1.807) is 0 Å². The molecule has 3 nitrogen and oxygen atoms in total. The summed E-state index contributed by atoms with van der Waals surface area (Å²) in [6.07, 6.45) is 1.16. The standard InChI is InChI=1S/C15H24N2OS/c1-2-8-16-13-15(14-6-4-3-5-7-14)17-9-11-19(18)12-10-17/h3-7,15-16H,2,8-13H2,1H3. The molecule has 106 valence electrons. The first-order chi connectivity index (χ1) is 9.31. The summed E-state index contributed by atoms with van der Waals surface area (Å²) in [5, 5.41) is 3.52. The second-order valence-corrected chi connectivity index (χ2v) is 6.71. The normalized spacial score (nSPS) is 19.4. The summed E-state index contributed by atoms with van der Waals surface area (Å²) in [6.45, 7) is 6.11. The SMILES string of the molecule is CCCNCC(c1ccccc1)N1CCS(=O)CC1. The smallest absolute Gasteiger partial charge is 0.0473 e. The van der Waals surface area contributed by atoms with Gasteiger partial charge in [-0.1, -0.05) is 37.3 Å².